The van der Waals surface area contributed by atoms with Crippen LogP contribution in [0.15, 0.2) is 36.4 Å². The van der Waals surface area contributed by atoms with Crippen LogP contribution in [0.5, 0.6) is 5.75 Å². The Morgan fingerprint density at radius 3 is 2.19 bits per heavy atom. The Morgan fingerprint density at radius 1 is 1.00 bits per heavy atom. The lowest BCUT2D eigenvalue weighted by atomic mass is 9.99. The number of aryl methyl sites for hydroxylation is 2. The minimum atomic E-state index is -1.60. The van der Waals surface area contributed by atoms with Crippen LogP contribution in [-0.2, 0) is 4.74 Å². The van der Waals surface area contributed by atoms with E-state index in [0.717, 1.165) is 11.1 Å². The van der Waals surface area contributed by atoms with Crippen LogP contribution in [-0.4, -0.2) is 80.1 Å². The number of amides is 2. The molecule has 2 aromatic rings. The summed E-state index contributed by atoms with van der Waals surface area (Å²) >= 11 is 0. The third-order valence-electron chi connectivity index (χ3n) is 6.18. The highest BCUT2D eigenvalue weighted by Crippen LogP contribution is 2.28. The molecule has 1 aliphatic heterocycles. The standard InChI is InChI=1S/C27H36N2O8/c1-14-10-15(2)12-17(11-14)25(35)29(27(4,5)6)28-24(34)18-8-7-9-19(16(18)3)36-26-23(33)22(32)21(31)20(13-30)37-26/h7-12,20-23,26,30-33H,13H2,1-6H3,(H,28,34)/t20-,21-,22+,23-,26-/m1/s1. The van der Waals surface area contributed by atoms with E-state index in [1.54, 1.807) is 58.0 Å². The van der Waals surface area contributed by atoms with Gasteiger partial charge in [-0.3, -0.25) is 15.0 Å². The third-order valence-corrected chi connectivity index (χ3v) is 6.18. The topological polar surface area (TPSA) is 149 Å². The first kappa shape index (κ1) is 28.5. The monoisotopic (exact) mass is 516 g/mol. The predicted octanol–water partition coefficient (Wildman–Crippen LogP) is 1.38. The van der Waals surface area contributed by atoms with Crippen molar-refractivity contribution in [2.24, 2.45) is 0 Å². The van der Waals surface area contributed by atoms with Gasteiger partial charge in [-0.15, -0.1) is 0 Å². The summed E-state index contributed by atoms with van der Waals surface area (Å²) in [5.41, 5.74) is 4.89. The van der Waals surface area contributed by atoms with Gasteiger partial charge in [0.05, 0.1) is 12.1 Å². The largest absolute Gasteiger partial charge is 0.462 e. The number of aliphatic hydroxyl groups is 4. The van der Waals surface area contributed by atoms with E-state index >= 15 is 0 Å². The Bertz CT molecular complexity index is 1120. The summed E-state index contributed by atoms with van der Waals surface area (Å²) < 4.78 is 11.2. The van der Waals surface area contributed by atoms with Crippen LogP contribution in [0.4, 0.5) is 0 Å². The molecule has 2 aromatic carbocycles. The Labute approximate surface area is 216 Å². The predicted molar refractivity (Wildman–Crippen MR) is 135 cm³/mol. The summed E-state index contributed by atoms with van der Waals surface area (Å²) in [6.45, 7) is 10.2. The van der Waals surface area contributed by atoms with Gasteiger partial charge in [0.2, 0.25) is 6.29 Å². The zero-order chi connectivity index (χ0) is 27.7. The molecule has 202 valence electrons. The number of benzene rings is 2. The molecule has 0 saturated carbocycles. The maximum atomic E-state index is 13.4. The molecule has 1 aliphatic rings. The summed E-state index contributed by atoms with van der Waals surface area (Å²) in [6.07, 6.45) is -7.24. The first-order valence-corrected chi connectivity index (χ1v) is 12.0. The average Bonchev–Trinajstić information content (AvgIpc) is 2.82. The Morgan fingerprint density at radius 2 is 1.62 bits per heavy atom. The maximum Gasteiger partial charge on any atom is 0.272 e. The summed E-state index contributed by atoms with van der Waals surface area (Å²) in [7, 11) is 0. The quantitative estimate of drug-likeness (QED) is 0.374. The molecule has 1 heterocycles. The van der Waals surface area contributed by atoms with Gasteiger partial charge < -0.3 is 29.9 Å². The molecule has 0 aliphatic carbocycles. The van der Waals surface area contributed by atoms with Gasteiger partial charge in [0.25, 0.3) is 11.8 Å². The number of hydrogen-bond donors (Lipinski definition) is 5. The van der Waals surface area contributed by atoms with Gasteiger partial charge in [0.15, 0.2) is 0 Å². The van der Waals surface area contributed by atoms with E-state index in [2.05, 4.69) is 5.43 Å². The molecule has 0 radical (unpaired) electrons. The minimum Gasteiger partial charge on any atom is -0.462 e. The van der Waals surface area contributed by atoms with Crippen molar-refractivity contribution >= 4 is 11.8 Å². The minimum absolute atomic E-state index is 0.180. The molecular weight excluding hydrogens is 480 g/mol. The molecule has 10 nitrogen and oxygen atoms in total. The van der Waals surface area contributed by atoms with Crippen molar-refractivity contribution in [2.45, 2.75) is 77.8 Å². The third kappa shape index (κ3) is 6.28. The first-order chi connectivity index (χ1) is 17.2. The van der Waals surface area contributed by atoms with Crippen LogP contribution >= 0.6 is 0 Å². The highest BCUT2D eigenvalue weighted by atomic mass is 16.7. The number of carbonyl (C=O) groups is 2. The van der Waals surface area contributed by atoms with Crippen molar-refractivity contribution in [1.29, 1.82) is 0 Å². The van der Waals surface area contributed by atoms with Crippen LogP contribution < -0.4 is 10.2 Å². The number of aliphatic hydroxyl groups excluding tert-OH is 4. The molecule has 0 spiro atoms. The summed E-state index contributed by atoms with van der Waals surface area (Å²) in [5, 5.41) is 41.0. The van der Waals surface area contributed by atoms with Crippen molar-refractivity contribution in [3.63, 3.8) is 0 Å². The van der Waals surface area contributed by atoms with E-state index in [4.69, 9.17) is 9.47 Å². The second-order valence-corrected chi connectivity index (χ2v) is 10.4. The van der Waals surface area contributed by atoms with Crippen molar-refractivity contribution in [3.05, 3.63) is 64.2 Å². The Hall–Kier alpha value is -3.02. The fourth-order valence-electron chi connectivity index (χ4n) is 4.19. The zero-order valence-corrected chi connectivity index (χ0v) is 21.9. The maximum absolute atomic E-state index is 13.4. The molecule has 10 heteroatoms. The highest BCUT2D eigenvalue weighted by molar-refractivity contribution is 6.00. The summed E-state index contributed by atoms with van der Waals surface area (Å²) in [6, 6.07) is 10.2. The van der Waals surface area contributed by atoms with Crippen LogP contribution in [0.25, 0.3) is 0 Å². The van der Waals surface area contributed by atoms with Gasteiger partial charge >= 0.3 is 0 Å². The van der Waals surface area contributed by atoms with Crippen LogP contribution in [0.1, 0.15) is 58.2 Å². The average molecular weight is 517 g/mol. The highest BCUT2D eigenvalue weighted by Gasteiger charge is 2.45. The van der Waals surface area contributed by atoms with E-state index in [1.807, 2.05) is 19.9 Å². The van der Waals surface area contributed by atoms with Gasteiger partial charge in [-0.2, -0.15) is 0 Å². The Kier molecular flexibility index (Phi) is 8.61. The van der Waals surface area contributed by atoms with E-state index in [9.17, 15) is 30.0 Å². The number of hydrazine groups is 1. The zero-order valence-electron chi connectivity index (χ0n) is 21.9. The van der Waals surface area contributed by atoms with Crippen molar-refractivity contribution in [1.82, 2.24) is 10.4 Å². The fourth-order valence-corrected chi connectivity index (χ4v) is 4.19. The van der Waals surface area contributed by atoms with Crippen molar-refractivity contribution < 1.29 is 39.5 Å². The van der Waals surface area contributed by atoms with Crippen molar-refractivity contribution in [3.8, 4) is 5.75 Å². The first-order valence-electron chi connectivity index (χ1n) is 12.0. The second-order valence-electron chi connectivity index (χ2n) is 10.4. The molecule has 0 bridgehead atoms. The van der Waals surface area contributed by atoms with E-state index in [1.165, 1.54) is 5.01 Å². The number of hydrogen-bond acceptors (Lipinski definition) is 8. The molecular formula is C27H36N2O8. The number of ether oxygens (including phenoxy) is 2. The SMILES string of the molecule is Cc1cc(C)cc(C(=O)N(NC(=O)c2cccc(O[C@@H]3O[C@H](CO)[C@@H](O)[C@H](O)[C@H]3O)c2C)C(C)(C)C)c1. The number of nitrogens with zero attached hydrogens (tertiary/aromatic N) is 1. The molecule has 0 aromatic heterocycles. The van der Waals surface area contributed by atoms with Gasteiger partial charge in [0, 0.05) is 16.7 Å². The fraction of sp³-hybridized carbons (Fsp3) is 0.481. The summed E-state index contributed by atoms with van der Waals surface area (Å²) in [4.78, 5) is 26.8. The normalized spacial score (nSPS) is 23.9. The van der Waals surface area contributed by atoms with Gasteiger partial charge in [-0.1, -0.05) is 23.3 Å². The van der Waals surface area contributed by atoms with E-state index in [-0.39, 0.29) is 17.2 Å². The number of nitrogens with one attached hydrogen (secondary N) is 1. The van der Waals surface area contributed by atoms with Crippen LogP contribution in [0, 0.1) is 20.8 Å². The molecule has 2 amide bonds. The summed E-state index contributed by atoms with van der Waals surface area (Å²) in [5.74, 6) is -0.733. The van der Waals surface area contributed by atoms with Crippen LogP contribution in [0.2, 0.25) is 0 Å². The molecule has 3 rings (SSSR count). The van der Waals surface area contributed by atoms with Crippen LogP contribution in [0.3, 0.4) is 0 Å². The molecule has 0 unspecified atom stereocenters. The molecule has 1 fully saturated rings. The number of carbonyl (C=O) groups excluding carboxylic acids is 2. The smallest absolute Gasteiger partial charge is 0.272 e. The number of rotatable bonds is 5. The lowest BCUT2D eigenvalue weighted by Crippen LogP contribution is -2.60. The van der Waals surface area contributed by atoms with Gasteiger partial charge in [-0.25, -0.2) is 5.01 Å². The van der Waals surface area contributed by atoms with Gasteiger partial charge in [-0.05, 0) is 65.8 Å². The van der Waals surface area contributed by atoms with E-state index in [0.29, 0.717) is 11.1 Å². The molecule has 5 N–H and O–H groups in total. The Balaban J connectivity index is 1.85. The second kappa shape index (κ2) is 11.2. The molecule has 1 saturated heterocycles. The van der Waals surface area contributed by atoms with Gasteiger partial charge in [0.1, 0.15) is 30.2 Å². The van der Waals surface area contributed by atoms with Crippen molar-refractivity contribution in [2.75, 3.05) is 6.61 Å². The lowest BCUT2D eigenvalue weighted by molar-refractivity contribution is -0.277. The molecule has 37 heavy (non-hydrogen) atoms. The molecule has 5 atom stereocenters. The van der Waals surface area contributed by atoms with E-state index < -0.39 is 48.8 Å². The lowest BCUT2D eigenvalue weighted by Gasteiger charge is -2.39.